The number of thiophene rings is 1. The summed E-state index contributed by atoms with van der Waals surface area (Å²) in [6, 6.07) is 10.7. The van der Waals surface area contributed by atoms with Gasteiger partial charge >= 0.3 is 6.03 Å². The maximum atomic E-state index is 12.1. The zero-order chi connectivity index (χ0) is 17.2. The molecule has 0 atom stereocenters. The molecule has 0 fully saturated rings. The maximum Gasteiger partial charge on any atom is 0.324 e. The van der Waals surface area contributed by atoms with Gasteiger partial charge in [0.25, 0.3) is 0 Å². The number of benzene rings is 1. The fourth-order valence-corrected chi connectivity index (χ4v) is 3.00. The number of nitrogens with two attached hydrogens (primary N) is 1. The molecule has 0 saturated heterocycles. The number of urea groups is 1. The number of hydrogen-bond acceptors (Lipinski definition) is 6. The van der Waals surface area contributed by atoms with Crippen LogP contribution in [0, 0.1) is 0 Å². The molecule has 3 heterocycles. The van der Waals surface area contributed by atoms with Crippen LogP contribution in [-0.4, -0.2) is 25.8 Å². The second-order valence-electron chi connectivity index (χ2n) is 5.16. The van der Waals surface area contributed by atoms with Crippen molar-refractivity contribution in [3.05, 3.63) is 54.3 Å². The van der Waals surface area contributed by atoms with Crippen molar-refractivity contribution in [2.24, 2.45) is 0 Å². The molecule has 0 saturated carbocycles. The Balaban J connectivity index is 1.60. The molecule has 8 nitrogen and oxygen atoms in total. The van der Waals surface area contributed by atoms with Crippen molar-refractivity contribution in [3.63, 3.8) is 0 Å². The number of carbonyl (C=O) groups is 1. The molecule has 4 aromatic rings. The van der Waals surface area contributed by atoms with E-state index in [1.54, 1.807) is 23.0 Å². The standard InChI is InChI=1S/C16H13N7OS/c17-14-12-8-20-23(15(12)19-9-18-14)11-4-1-3-10(7-11)21-16(24)22-13-5-2-6-25-13/h1-9H,(H2,17,18,19)(H2,21,22,24). The third kappa shape index (κ3) is 3.00. The topological polar surface area (TPSA) is 111 Å². The molecule has 0 aliphatic rings. The highest BCUT2D eigenvalue weighted by molar-refractivity contribution is 7.14. The molecule has 4 N–H and O–H groups in total. The largest absolute Gasteiger partial charge is 0.383 e. The number of amides is 2. The third-order valence-electron chi connectivity index (χ3n) is 3.50. The van der Waals surface area contributed by atoms with E-state index in [4.69, 9.17) is 5.73 Å². The Morgan fingerprint density at radius 1 is 1.16 bits per heavy atom. The zero-order valence-corrected chi connectivity index (χ0v) is 13.7. The molecule has 124 valence electrons. The average molecular weight is 351 g/mol. The fraction of sp³-hybridized carbons (Fsp3) is 0. The van der Waals surface area contributed by atoms with Crippen LogP contribution < -0.4 is 16.4 Å². The second-order valence-corrected chi connectivity index (χ2v) is 6.11. The first-order valence-electron chi connectivity index (χ1n) is 7.37. The molecule has 2 amide bonds. The second kappa shape index (κ2) is 6.21. The summed E-state index contributed by atoms with van der Waals surface area (Å²) >= 11 is 1.45. The van der Waals surface area contributed by atoms with Crippen molar-refractivity contribution < 1.29 is 4.79 Å². The van der Waals surface area contributed by atoms with Crippen LogP contribution in [0.5, 0.6) is 0 Å². The van der Waals surface area contributed by atoms with Crippen LogP contribution in [0.25, 0.3) is 16.7 Å². The van der Waals surface area contributed by atoms with Gasteiger partial charge in [-0.15, -0.1) is 11.3 Å². The maximum absolute atomic E-state index is 12.1. The van der Waals surface area contributed by atoms with E-state index in [1.165, 1.54) is 17.7 Å². The van der Waals surface area contributed by atoms with Crippen molar-refractivity contribution in [1.82, 2.24) is 19.7 Å². The number of hydrogen-bond donors (Lipinski definition) is 3. The quantitative estimate of drug-likeness (QED) is 0.525. The van der Waals surface area contributed by atoms with Gasteiger partial charge in [0.2, 0.25) is 0 Å². The lowest BCUT2D eigenvalue weighted by molar-refractivity contribution is 0.262. The summed E-state index contributed by atoms with van der Waals surface area (Å²) in [6.07, 6.45) is 3.01. The molecule has 0 spiro atoms. The van der Waals surface area contributed by atoms with Gasteiger partial charge in [-0.25, -0.2) is 19.4 Å². The highest BCUT2D eigenvalue weighted by atomic mass is 32.1. The van der Waals surface area contributed by atoms with Gasteiger partial charge in [-0.2, -0.15) is 5.10 Å². The predicted molar refractivity (Wildman–Crippen MR) is 98.0 cm³/mol. The molecule has 9 heteroatoms. The summed E-state index contributed by atoms with van der Waals surface area (Å²) in [5.74, 6) is 0.376. The Morgan fingerprint density at radius 2 is 2.08 bits per heavy atom. The van der Waals surface area contributed by atoms with E-state index in [9.17, 15) is 4.79 Å². The summed E-state index contributed by atoms with van der Waals surface area (Å²) in [5.41, 5.74) is 7.83. The monoisotopic (exact) mass is 351 g/mol. The normalized spacial score (nSPS) is 10.7. The summed E-state index contributed by atoms with van der Waals surface area (Å²) in [4.78, 5) is 20.2. The van der Waals surface area contributed by atoms with Crippen LogP contribution >= 0.6 is 11.3 Å². The average Bonchev–Trinajstić information content (AvgIpc) is 3.25. The third-order valence-corrected chi connectivity index (χ3v) is 4.29. The molecule has 0 aliphatic heterocycles. The van der Waals surface area contributed by atoms with E-state index in [-0.39, 0.29) is 6.03 Å². The summed E-state index contributed by atoms with van der Waals surface area (Å²) in [6.45, 7) is 0. The van der Waals surface area contributed by atoms with E-state index >= 15 is 0 Å². The molecule has 25 heavy (non-hydrogen) atoms. The fourth-order valence-electron chi connectivity index (χ4n) is 2.39. The Morgan fingerprint density at radius 3 is 2.92 bits per heavy atom. The van der Waals surface area contributed by atoms with Gasteiger partial charge in [0.15, 0.2) is 5.65 Å². The molecular formula is C16H13N7OS. The first-order chi connectivity index (χ1) is 12.2. The van der Waals surface area contributed by atoms with E-state index in [1.807, 2.05) is 29.6 Å². The Hall–Kier alpha value is -3.46. The number of nitrogens with one attached hydrogen (secondary N) is 2. The van der Waals surface area contributed by atoms with E-state index < -0.39 is 0 Å². The zero-order valence-electron chi connectivity index (χ0n) is 12.9. The SMILES string of the molecule is Nc1ncnc2c1cnn2-c1cccc(NC(=O)Nc2cccs2)c1. The highest BCUT2D eigenvalue weighted by Gasteiger charge is 2.10. The predicted octanol–water partition coefficient (Wildman–Crippen LogP) is 3.10. The first kappa shape index (κ1) is 15.1. The van der Waals surface area contributed by atoms with Gasteiger partial charge in [-0.3, -0.25) is 5.32 Å². The van der Waals surface area contributed by atoms with E-state index in [0.717, 1.165) is 10.7 Å². The van der Waals surface area contributed by atoms with Crippen LogP contribution in [0.4, 0.5) is 21.3 Å². The van der Waals surface area contributed by atoms with Crippen molar-refractivity contribution >= 4 is 44.9 Å². The summed E-state index contributed by atoms with van der Waals surface area (Å²) < 4.78 is 1.65. The minimum atomic E-state index is -0.309. The Bertz CT molecular complexity index is 1040. The lowest BCUT2D eigenvalue weighted by Gasteiger charge is -2.08. The molecule has 1 aromatic carbocycles. The number of rotatable bonds is 3. The molecule has 3 aromatic heterocycles. The summed E-state index contributed by atoms with van der Waals surface area (Å²) in [7, 11) is 0. The molecule has 0 bridgehead atoms. The van der Waals surface area contributed by atoms with Crippen molar-refractivity contribution in [2.45, 2.75) is 0 Å². The van der Waals surface area contributed by atoms with Crippen LogP contribution in [-0.2, 0) is 0 Å². The van der Waals surface area contributed by atoms with Crippen molar-refractivity contribution in [1.29, 1.82) is 0 Å². The summed E-state index contributed by atoms with van der Waals surface area (Å²) in [5, 5.41) is 13.2. The lowest BCUT2D eigenvalue weighted by Crippen LogP contribution is -2.18. The van der Waals surface area contributed by atoms with Crippen LogP contribution in [0.1, 0.15) is 0 Å². The first-order valence-corrected chi connectivity index (χ1v) is 8.25. The van der Waals surface area contributed by atoms with Gasteiger partial charge in [-0.05, 0) is 35.7 Å². The van der Waals surface area contributed by atoms with E-state index in [0.29, 0.717) is 22.5 Å². The van der Waals surface area contributed by atoms with Crippen molar-refractivity contribution in [2.75, 3.05) is 16.4 Å². The highest BCUT2D eigenvalue weighted by Crippen LogP contribution is 2.22. The van der Waals surface area contributed by atoms with Crippen LogP contribution in [0.2, 0.25) is 0 Å². The van der Waals surface area contributed by atoms with Gasteiger partial charge in [0.1, 0.15) is 12.1 Å². The molecule has 0 unspecified atom stereocenters. The molecule has 0 radical (unpaired) electrons. The Kier molecular flexibility index (Phi) is 3.75. The molecule has 0 aliphatic carbocycles. The number of aromatic nitrogens is 4. The number of nitrogens with zero attached hydrogens (tertiary/aromatic N) is 4. The number of carbonyl (C=O) groups excluding carboxylic acids is 1. The number of fused-ring (bicyclic) bond motifs is 1. The van der Waals surface area contributed by atoms with Crippen LogP contribution in [0.3, 0.4) is 0 Å². The number of anilines is 3. The van der Waals surface area contributed by atoms with Gasteiger partial charge in [0.05, 0.1) is 22.3 Å². The number of nitrogen functional groups attached to an aromatic ring is 1. The van der Waals surface area contributed by atoms with E-state index in [2.05, 4.69) is 25.7 Å². The smallest absolute Gasteiger partial charge is 0.324 e. The van der Waals surface area contributed by atoms with Crippen LogP contribution in [0.15, 0.2) is 54.3 Å². The van der Waals surface area contributed by atoms with Gasteiger partial charge < -0.3 is 11.1 Å². The minimum absolute atomic E-state index is 0.309. The van der Waals surface area contributed by atoms with Gasteiger partial charge in [-0.1, -0.05) is 6.07 Å². The molecule has 4 rings (SSSR count). The molecular weight excluding hydrogens is 338 g/mol. The minimum Gasteiger partial charge on any atom is -0.383 e. The van der Waals surface area contributed by atoms with Crippen molar-refractivity contribution in [3.8, 4) is 5.69 Å². The van der Waals surface area contributed by atoms with Gasteiger partial charge in [0, 0.05) is 5.69 Å². The Labute approximate surface area is 146 Å². The lowest BCUT2D eigenvalue weighted by atomic mass is 10.2.